The van der Waals surface area contributed by atoms with Crippen LogP contribution in [0, 0.1) is 0 Å². The molecule has 2 aromatic carbocycles. The molecule has 7 heteroatoms. The monoisotopic (exact) mass is 386 g/mol. The van der Waals surface area contributed by atoms with E-state index in [0.29, 0.717) is 16.4 Å². The first-order chi connectivity index (χ1) is 13.0. The van der Waals surface area contributed by atoms with E-state index >= 15 is 0 Å². The van der Waals surface area contributed by atoms with Crippen LogP contribution in [0.2, 0.25) is 5.02 Å². The van der Waals surface area contributed by atoms with E-state index in [-0.39, 0.29) is 24.4 Å². The van der Waals surface area contributed by atoms with Crippen LogP contribution in [0.15, 0.2) is 48.5 Å². The lowest BCUT2D eigenvalue weighted by molar-refractivity contribution is -0.118. The number of nitrogens with zero attached hydrogens (tertiary/aromatic N) is 1. The summed E-state index contributed by atoms with van der Waals surface area (Å²) in [5.41, 5.74) is 2.32. The van der Waals surface area contributed by atoms with Crippen molar-refractivity contribution in [1.82, 2.24) is 10.2 Å². The van der Waals surface area contributed by atoms with Gasteiger partial charge in [0.25, 0.3) is 0 Å². The first-order valence-corrected chi connectivity index (χ1v) is 9.27. The van der Waals surface area contributed by atoms with E-state index in [1.165, 1.54) is 6.92 Å². The Morgan fingerprint density at radius 2 is 1.89 bits per heavy atom. The standard InChI is InChI=1S/C20H23ClN4O2/c1-14(26)23-15-5-4-6-16(11-15)24-20(27)13-25-10-9-22-12-19(25)17-7-2-3-8-18(17)21/h2-8,11,19,22H,9-10,12-13H2,1H3,(H,23,26)(H,24,27). The molecular weight excluding hydrogens is 364 g/mol. The lowest BCUT2D eigenvalue weighted by Gasteiger charge is -2.36. The predicted octanol–water partition coefficient (Wildman–Crippen LogP) is 2.88. The Morgan fingerprint density at radius 1 is 1.15 bits per heavy atom. The summed E-state index contributed by atoms with van der Waals surface area (Å²) in [6.45, 7) is 4.04. The van der Waals surface area contributed by atoms with Gasteiger partial charge in [0.1, 0.15) is 0 Å². The number of anilines is 2. The maximum atomic E-state index is 12.6. The molecule has 1 saturated heterocycles. The molecule has 1 aliphatic heterocycles. The Labute approximate surface area is 163 Å². The summed E-state index contributed by atoms with van der Waals surface area (Å²) in [5, 5.41) is 9.69. The van der Waals surface area contributed by atoms with Crippen LogP contribution in [-0.2, 0) is 9.59 Å². The molecule has 0 aliphatic carbocycles. The van der Waals surface area contributed by atoms with Crippen molar-refractivity contribution >= 4 is 34.8 Å². The van der Waals surface area contributed by atoms with Crippen LogP contribution in [0.25, 0.3) is 0 Å². The number of rotatable bonds is 5. The number of benzene rings is 2. The van der Waals surface area contributed by atoms with Gasteiger partial charge in [-0.1, -0.05) is 35.9 Å². The molecule has 27 heavy (non-hydrogen) atoms. The van der Waals surface area contributed by atoms with Gasteiger partial charge >= 0.3 is 0 Å². The Morgan fingerprint density at radius 3 is 2.63 bits per heavy atom. The normalized spacial score (nSPS) is 17.3. The van der Waals surface area contributed by atoms with Gasteiger partial charge in [-0.3, -0.25) is 14.5 Å². The van der Waals surface area contributed by atoms with Gasteiger partial charge < -0.3 is 16.0 Å². The fraction of sp³-hybridized carbons (Fsp3) is 0.300. The van der Waals surface area contributed by atoms with Gasteiger partial charge in [-0.05, 0) is 29.8 Å². The summed E-state index contributed by atoms with van der Waals surface area (Å²) >= 11 is 6.36. The maximum absolute atomic E-state index is 12.6. The van der Waals surface area contributed by atoms with Crippen molar-refractivity contribution in [2.75, 3.05) is 36.8 Å². The van der Waals surface area contributed by atoms with E-state index < -0.39 is 0 Å². The van der Waals surface area contributed by atoms with E-state index in [1.807, 2.05) is 24.3 Å². The second-order valence-corrected chi connectivity index (χ2v) is 6.93. The first kappa shape index (κ1) is 19.4. The van der Waals surface area contributed by atoms with Crippen molar-refractivity contribution in [2.45, 2.75) is 13.0 Å². The minimum atomic E-state index is -0.151. The molecule has 142 valence electrons. The molecule has 0 bridgehead atoms. The molecule has 0 saturated carbocycles. The van der Waals surface area contributed by atoms with Crippen molar-refractivity contribution in [2.24, 2.45) is 0 Å². The summed E-state index contributed by atoms with van der Waals surface area (Å²) in [5.74, 6) is -0.254. The molecule has 1 unspecified atom stereocenters. The van der Waals surface area contributed by atoms with Gasteiger partial charge in [0.2, 0.25) is 11.8 Å². The van der Waals surface area contributed by atoms with Crippen LogP contribution >= 0.6 is 11.6 Å². The zero-order valence-corrected chi connectivity index (χ0v) is 15.9. The first-order valence-electron chi connectivity index (χ1n) is 8.89. The minimum Gasteiger partial charge on any atom is -0.326 e. The number of hydrogen-bond acceptors (Lipinski definition) is 4. The number of amides is 2. The summed E-state index contributed by atoms with van der Waals surface area (Å²) in [6, 6.07) is 14.9. The Hall–Kier alpha value is -2.41. The van der Waals surface area contributed by atoms with E-state index in [2.05, 4.69) is 20.9 Å². The van der Waals surface area contributed by atoms with E-state index in [1.54, 1.807) is 24.3 Å². The average molecular weight is 387 g/mol. The molecule has 6 nitrogen and oxygen atoms in total. The third-order valence-electron chi connectivity index (χ3n) is 4.43. The van der Waals surface area contributed by atoms with Crippen LogP contribution in [0.4, 0.5) is 11.4 Å². The van der Waals surface area contributed by atoms with E-state index in [9.17, 15) is 9.59 Å². The minimum absolute atomic E-state index is 0.0453. The number of carbonyl (C=O) groups excluding carboxylic acids is 2. The van der Waals surface area contributed by atoms with Crippen molar-refractivity contribution in [3.8, 4) is 0 Å². The highest BCUT2D eigenvalue weighted by Crippen LogP contribution is 2.28. The second kappa shape index (κ2) is 8.99. The molecule has 0 radical (unpaired) electrons. The van der Waals surface area contributed by atoms with Crippen LogP contribution in [0.5, 0.6) is 0 Å². The maximum Gasteiger partial charge on any atom is 0.238 e. The number of nitrogens with one attached hydrogen (secondary N) is 3. The SMILES string of the molecule is CC(=O)Nc1cccc(NC(=O)CN2CCNCC2c2ccccc2Cl)c1. The summed E-state index contributed by atoms with van der Waals surface area (Å²) in [4.78, 5) is 25.9. The molecule has 2 aromatic rings. The highest BCUT2D eigenvalue weighted by molar-refractivity contribution is 6.31. The van der Waals surface area contributed by atoms with Crippen LogP contribution in [0.1, 0.15) is 18.5 Å². The van der Waals surface area contributed by atoms with Gasteiger partial charge in [0.15, 0.2) is 0 Å². The second-order valence-electron chi connectivity index (χ2n) is 6.52. The molecule has 2 amide bonds. The van der Waals surface area contributed by atoms with Gasteiger partial charge in [-0.15, -0.1) is 0 Å². The fourth-order valence-electron chi connectivity index (χ4n) is 3.25. The fourth-order valence-corrected chi connectivity index (χ4v) is 3.51. The smallest absolute Gasteiger partial charge is 0.238 e. The quantitative estimate of drug-likeness (QED) is 0.738. The summed E-state index contributed by atoms with van der Waals surface area (Å²) in [6.07, 6.45) is 0. The van der Waals surface area contributed by atoms with E-state index in [0.717, 1.165) is 25.2 Å². The number of piperazine rings is 1. The molecule has 1 fully saturated rings. The molecule has 3 N–H and O–H groups in total. The predicted molar refractivity (Wildman–Crippen MR) is 108 cm³/mol. The summed E-state index contributed by atoms with van der Waals surface area (Å²) in [7, 11) is 0. The highest BCUT2D eigenvalue weighted by Gasteiger charge is 2.26. The number of halogens is 1. The third-order valence-corrected chi connectivity index (χ3v) is 4.78. The molecular formula is C20H23ClN4O2. The molecule has 3 rings (SSSR count). The average Bonchev–Trinajstić information content (AvgIpc) is 2.62. The van der Waals surface area contributed by atoms with Gasteiger partial charge in [0.05, 0.1) is 6.54 Å². The molecule has 0 aromatic heterocycles. The van der Waals surface area contributed by atoms with Gasteiger partial charge in [0, 0.05) is 49.0 Å². The van der Waals surface area contributed by atoms with Crippen molar-refractivity contribution in [3.05, 3.63) is 59.1 Å². The van der Waals surface area contributed by atoms with Gasteiger partial charge in [-0.2, -0.15) is 0 Å². The molecule has 1 atom stereocenters. The number of carbonyl (C=O) groups is 2. The van der Waals surface area contributed by atoms with Crippen molar-refractivity contribution in [3.63, 3.8) is 0 Å². The van der Waals surface area contributed by atoms with Crippen LogP contribution < -0.4 is 16.0 Å². The molecule has 1 heterocycles. The van der Waals surface area contributed by atoms with Crippen LogP contribution in [0.3, 0.4) is 0 Å². The van der Waals surface area contributed by atoms with Crippen LogP contribution in [-0.4, -0.2) is 42.9 Å². The Balaban J connectivity index is 1.67. The zero-order chi connectivity index (χ0) is 19.2. The summed E-state index contributed by atoms with van der Waals surface area (Å²) < 4.78 is 0. The zero-order valence-electron chi connectivity index (χ0n) is 15.2. The topological polar surface area (TPSA) is 73.5 Å². The Bertz CT molecular complexity index is 827. The molecule has 0 spiro atoms. The Kier molecular flexibility index (Phi) is 6.45. The highest BCUT2D eigenvalue weighted by atomic mass is 35.5. The van der Waals surface area contributed by atoms with E-state index in [4.69, 9.17) is 11.6 Å². The van der Waals surface area contributed by atoms with Crippen molar-refractivity contribution < 1.29 is 9.59 Å². The lowest BCUT2D eigenvalue weighted by Crippen LogP contribution is -2.48. The number of hydrogen-bond donors (Lipinski definition) is 3. The largest absolute Gasteiger partial charge is 0.326 e. The third kappa shape index (κ3) is 5.29. The van der Waals surface area contributed by atoms with Gasteiger partial charge in [-0.25, -0.2) is 0 Å². The van der Waals surface area contributed by atoms with Crippen molar-refractivity contribution in [1.29, 1.82) is 0 Å². The lowest BCUT2D eigenvalue weighted by atomic mass is 10.0. The molecule has 1 aliphatic rings.